The summed E-state index contributed by atoms with van der Waals surface area (Å²) in [6, 6.07) is 10.8. The first-order valence-corrected chi connectivity index (χ1v) is 12.1. The van der Waals surface area contributed by atoms with Gasteiger partial charge in [-0.3, -0.25) is 9.59 Å². The Morgan fingerprint density at radius 2 is 1.40 bits per heavy atom. The molecule has 0 fully saturated rings. The third-order valence-corrected chi connectivity index (χ3v) is 6.06. The van der Waals surface area contributed by atoms with Gasteiger partial charge in [0.05, 0.1) is 15.9 Å². The first-order valence-electron chi connectivity index (χ1n) is 10.8. The van der Waals surface area contributed by atoms with E-state index in [1.165, 1.54) is 13.8 Å². The van der Waals surface area contributed by atoms with Crippen LogP contribution in [-0.4, -0.2) is 49.9 Å². The minimum Gasteiger partial charge on any atom is -0.490 e. The van der Waals surface area contributed by atoms with Crippen molar-refractivity contribution >= 4 is 46.7 Å². The highest BCUT2D eigenvalue weighted by Crippen LogP contribution is 2.40. The second-order valence-electron chi connectivity index (χ2n) is 8.31. The molecule has 0 spiro atoms. The van der Waals surface area contributed by atoms with E-state index in [0.717, 1.165) is 11.1 Å². The molecule has 0 N–H and O–H groups in total. The van der Waals surface area contributed by atoms with Crippen molar-refractivity contribution in [3.63, 3.8) is 0 Å². The Bertz CT molecular complexity index is 990. The van der Waals surface area contributed by atoms with Gasteiger partial charge in [0, 0.05) is 19.3 Å². The average molecular weight is 550 g/mol. The van der Waals surface area contributed by atoms with Crippen molar-refractivity contribution in [2.24, 2.45) is 0 Å². The highest BCUT2D eigenvalue weighted by Gasteiger charge is 2.26. The van der Waals surface area contributed by atoms with Crippen LogP contribution in [0.5, 0.6) is 11.5 Å². The number of carbonyl (C=O) groups excluding carboxylic acids is 2. The number of carbonyl (C=O) groups is 2. The van der Waals surface area contributed by atoms with Crippen LogP contribution in [0.1, 0.15) is 38.8 Å². The summed E-state index contributed by atoms with van der Waals surface area (Å²) in [5.41, 5.74) is 1.31. The molecule has 0 aliphatic rings. The molecule has 2 rings (SSSR count). The normalized spacial score (nSPS) is 13.0. The molecule has 0 aliphatic carbocycles. The zero-order chi connectivity index (χ0) is 26.2. The van der Waals surface area contributed by atoms with Gasteiger partial charge in [-0.25, -0.2) is 4.39 Å². The van der Waals surface area contributed by atoms with Crippen LogP contribution in [0, 0.1) is 0 Å². The maximum Gasteiger partial charge on any atom is 0.303 e. The van der Waals surface area contributed by atoms with Crippen molar-refractivity contribution in [1.82, 2.24) is 0 Å². The molecule has 2 aromatic rings. The van der Waals surface area contributed by atoms with Crippen molar-refractivity contribution in [2.45, 2.75) is 45.3 Å². The lowest BCUT2D eigenvalue weighted by Gasteiger charge is -2.27. The number of esters is 2. The summed E-state index contributed by atoms with van der Waals surface area (Å²) in [6.45, 7) is 5.61. The minimum absolute atomic E-state index is 0.00738. The molecule has 0 amide bonds. The summed E-state index contributed by atoms with van der Waals surface area (Å²) in [7, 11) is 0. The Kier molecular flexibility index (Phi) is 10.9. The van der Waals surface area contributed by atoms with Gasteiger partial charge in [-0.05, 0) is 35.4 Å². The molecule has 0 saturated carbocycles. The third-order valence-electron chi connectivity index (χ3n) is 5.15. The molecule has 2 aromatic carbocycles. The molecule has 192 valence electrons. The van der Waals surface area contributed by atoms with Crippen LogP contribution in [0.15, 0.2) is 36.4 Å². The van der Waals surface area contributed by atoms with E-state index < -0.39 is 36.2 Å². The summed E-state index contributed by atoms with van der Waals surface area (Å²) in [5, 5.41) is 0.610. The summed E-state index contributed by atoms with van der Waals surface area (Å²) < 4.78 is 34.1. The topological polar surface area (TPSA) is 71.1 Å². The molecule has 1 unspecified atom stereocenters. The fraction of sp³-hybridized carbons (Fsp3) is 0.440. The first kappa shape index (κ1) is 29.0. The third kappa shape index (κ3) is 8.44. The lowest BCUT2D eigenvalue weighted by molar-refractivity contribution is -0.149. The zero-order valence-electron chi connectivity index (χ0n) is 19.9. The van der Waals surface area contributed by atoms with Gasteiger partial charge in [0.15, 0.2) is 11.9 Å². The van der Waals surface area contributed by atoms with Crippen LogP contribution in [0.4, 0.5) is 4.39 Å². The van der Waals surface area contributed by atoms with E-state index in [1.54, 1.807) is 24.3 Å². The Balaban J connectivity index is 2.14. The van der Waals surface area contributed by atoms with Gasteiger partial charge in [-0.1, -0.05) is 49.2 Å². The molecule has 0 aliphatic heterocycles. The molecule has 0 saturated heterocycles. The van der Waals surface area contributed by atoms with Crippen molar-refractivity contribution in [3.8, 4) is 11.5 Å². The number of alkyl halides is 2. The predicted octanol–water partition coefficient (Wildman–Crippen LogP) is 6.15. The van der Waals surface area contributed by atoms with Gasteiger partial charge >= 0.3 is 11.9 Å². The fourth-order valence-corrected chi connectivity index (χ4v) is 4.00. The van der Waals surface area contributed by atoms with Gasteiger partial charge < -0.3 is 18.9 Å². The second-order valence-corrected chi connectivity index (χ2v) is 9.43. The van der Waals surface area contributed by atoms with E-state index in [2.05, 4.69) is 0 Å². The van der Waals surface area contributed by atoms with Crippen LogP contribution < -0.4 is 9.47 Å². The average Bonchev–Trinajstić information content (AvgIpc) is 2.80. The van der Waals surface area contributed by atoms with Crippen LogP contribution in [-0.2, 0) is 24.5 Å². The summed E-state index contributed by atoms with van der Waals surface area (Å²) >= 11 is 18.8. The predicted molar refractivity (Wildman–Crippen MR) is 134 cm³/mol. The number of benzene rings is 2. The molecular formula is C25H28Cl3FO6. The number of rotatable bonds is 12. The van der Waals surface area contributed by atoms with Crippen molar-refractivity contribution < 1.29 is 32.9 Å². The van der Waals surface area contributed by atoms with Crippen LogP contribution in [0.2, 0.25) is 10.0 Å². The summed E-state index contributed by atoms with van der Waals surface area (Å²) in [4.78, 5) is 22.2. The minimum atomic E-state index is -0.956. The van der Waals surface area contributed by atoms with Crippen molar-refractivity contribution in [3.05, 3.63) is 57.6 Å². The standard InChI is InChI=1S/C25H28Cl3FO6/c1-15(30)34-20(11-26)13-33-24-22(27)9-18(10-23(24)28)25(3,4)17-5-7-19(8-6-17)32-14-21(12-29)35-16(2)31/h5-10,20-21H,11-14H2,1-4H3/t20-,21?/m1/s1. The van der Waals surface area contributed by atoms with Crippen LogP contribution in [0.25, 0.3) is 0 Å². The van der Waals surface area contributed by atoms with E-state index in [0.29, 0.717) is 15.8 Å². The van der Waals surface area contributed by atoms with E-state index in [-0.39, 0.29) is 24.8 Å². The van der Waals surface area contributed by atoms with Gasteiger partial charge in [0.1, 0.15) is 31.7 Å². The molecule has 0 radical (unpaired) electrons. The van der Waals surface area contributed by atoms with Crippen LogP contribution in [0.3, 0.4) is 0 Å². The maximum absolute atomic E-state index is 13.0. The largest absolute Gasteiger partial charge is 0.490 e. The molecule has 2 atom stereocenters. The second kappa shape index (κ2) is 13.2. The van der Waals surface area contributed by atoms with Crippen molar-refractivity contribution in [1.29, 1.82) is 0 Å². The van der Waals surface area contributed by atoms with Gasteiger partial charge in [0.2, 0.25) is 0 Å². The van der Waals surface area contributed by atoms with E-state index in [1.807, 2.05) is 26.0 Å². The van der Waals surface area contributed by atoms with E-state index in [4.69, 9.17) is 53.8 Å². The van der Waals surface area contributed by atoms with Gasteiger partial charge in [-0.15, -0.1) is 11.6 Å². The fourth-order valence-electron chi connectivity index (χ4n) is 3.25. The number of ether oxygens (including phenoxy) is 4. The highest BCUT2D eigenvalue weighted by atomic mass is 35.5. The summed E-state index contributed by atoms with van der Waals surface area (Å²) in [5.74, 6) is -0.176. The number of halogens is 4. The molecule has 6 nitrogen and oxygen atoms in total. The van der Waals surface area contributed by atoms with E-state index >= 15 is 0 Å². The Morgan fingerprint density at radius 3 is 1.89 bits per heavy atom. The maximum atomic E-state index is 13.0. The van der Waals surface area contributed by atoms with Crippen molar-refractivity contribution in [2.75, 3.05) is 25.8 Å². The zero-order valence-corrected chi connectivity index (χ0v) is 22.2. The monoisotopic (exact) mass is 548 g/mol. The molecule has 0 aromatic heterocycles. The van der Waals surface area contributed by atoms with E-state index in [9.17, 15) is 14.0 Å². The molecule has 10 heteroatoms. The Labute approximate surface area is 219 Å². The quantitative estimate of drug-likeness (QED) is 0.234. The Morgan fingerprint density at radius 1 is 0.886 bits per heavy atom. The number of hydrogen-bond acceptors (Lipinski definition) is 6. The number of hydrogen-bond donors (Lipinski definition) is 0. The molecule has 0 heterocycles. The van der Waals surface area contributed by atoms with Crippen LogP contribution >= 0.6 is 34.8 Å². The lowest BCUT2D eigenvalue weighted by atomic mass is 9.78. The van der Waals surface area contributed by atoms with Gasteiger partial charge in [0.25, 0.3) is 0 Å². The molecule has 0 bridgehead atoms. The molecular weight excluding hydrogens is 522 g/mol. The highest BCUT2D eigenvalue weighted by molar-refractivity contribution is 6.37. The first-order chi connectivity index (χ1) is 16.5. The smallest absolute Gasteiger partial charge is 0.303 e. The Hall–Kier alpha value is -2.22. The SMILES string of the molecule is CC(=O)OC(CF)COc1ccc(C(C)(C)c2cc(Cl)c(OC[C@@H](CCl)OC(C)=O)c(Cl)c2)cc1. The lowest BCUT2D eigenvalue weighted by Crippen LogP contribution is -2.26. The summed E-state index contributed by atoms with van der Waals surface area (Å²) in [6.07, 6.45) is -1.59. The van der Waals surface area contributed by atoms with Gasteiger partial charge in [-0.2, -0.15) is 0 Å². The molecule has 35 heavy (non-hydrogen) atoms.